The van der Waals surface area contributed by atoms with Gasteiger partial charge in [0.1, 0.15) is 11.4 Å². The molecule has 1 heterocycles. The summed E-state index contributed by atoms with van der Waals surface area (Å²) in [5.74, 6) is 0.137. The molecule has 0 saturated carbocycles. The number of ether oxygens (including phenoxy) is 1. The topological polar surface area (TPSA) is 65.5 Å². The van der Waals surface area contributed by atoms with Gasteiger partial charge in [-0.05, 0) is 32.9 Å². The molecular weight excluding hydrogens is 206 g/mol. The lowest BCUT2D eigenvalue weighted by Gasteiger charge is -2.22. The van der Waals surface area contributed by atoms with Crippen molar-refractivity contribution < 1.29 is 13.9 Å². The van der Waals surface area contributed by atoms with Gasteiger partial charge in [0.25, 0.3) is 0 Å². The summed E-state index contributed by atoms with van der Waals surface area (Å²) in [5, 5.41) is 0. The molecule has 16 heavy (non-hydrogen) atoms. The highest BCUT2D eigenvalue weighted by molar-refractivity contribution is 5.73. The van der Waals surface area contributed by atoms with Crippen LogP contribution in [-0.2, 0) is 16.0 Å². The van der Waals surface area contributed by atoms with Crippen LogP contribution in [0.3, 0.4) is 0 Å². The second-order valence-corrected chi connectivity index (χ2v) is 4.75. The molecule has 0 bridgehead atoms. The first-order valence-electron chi connectivity index (χ1n) is 5.37. The predicted molar refractivity (Wildman–Crippen MR) is 60.8 cm³/mol. The SMILES string of the molecule is CC(C)(C)OC(=O)C(CN)Cc1ccco1. The molecule has 0 spiro atoms. The average Bonchev–Trinajstić information content (AvgIpc) is 2.63. The van der Waals surface area contributed by atoms with E-state index in [1.54, 1.807) is 12.3 Å². The van der Waals surface area contributed by atoms with Crippen LogP contribution in [0, 0.1) is 5.92 Å². The highest BCUT2D eigenvalue weighted by atomic mass is 16.6. The molecule has 0 aliphatic carbocycles. The van der Waals surface area contributed by atoms with Crippen molar-refractivity contribution in [2.45, 2.75) is 32.8 Å². The minimum atomic E-state index is -0.479. The van der Waals surface area contributed by atoms with E-state index in [2.05, 4.69) is 0 Å². The third-order valence-electron chi connectivity index (χ3n) is 2.05. The van der Waals surface area contributed by atoms with Crippen LogP contribution in [0.15, 0.2) is 22.8 Å². The highest BCUT2D eigenvalue weighted by Gasteiger charge is 2.24. The molecule has 1 rings (SSSR count). The Bertz CT molecular complexity index is 325. The summed E-state index contributed by atoms with van der Waals surface area (Å²) in [6.07, 6.45) is 2.07. The molecule has 4 nitrogen and oxygen atoms in total. The minimum absolute atomic E-state index is 0.260. The third-order valence-corrected chi connectivity index (χ3v) is 2.05. The summed E-state index contributed by atoms with van der Waals surface area (Å²) in [4.78, 5) is 11.8. The van der Waals surface area contributed by atoms with Crippen molar-refractivity contribution in [3.8, 4) is 0 Å². The fourth-order valence-corrected chi connectivity index (χ4v) is 1.32. The first-order chi connectivity index (χ1) is 7.42. The van der Waals surface area contributed by atoms with Crippen molar-refractivity contribution in [1.82, 2.24) is 0 Å². The molecule has 0 fully saturated rings. The molecule has 1 unspecified atom stereocenters. The summed E-state index contributed by atoms with van der Waals surface area (Å²) in [7, 11) is 0. The number of furan rings is 1. The van der Waals surface area contributed by atoms with Crippen molar-refractivity contribution in [3.63, 3.8) is 0 Å². The van der Waals surface area contributed by atoms with Crippen LogP contribution in [0.25, 0.3) is 0 Å². The lowest BCUT2D eigenvalue weighted by atomic mass is 10.0. The maximum Gasteiger partial charge on any atom is 0.311 e. The van der Waals surface area contributed by atoms with Crippen molar-refractivity contribution in [1.29, 1.82) is 0 Å². The maximum atomic E-state index is 11.8. The Hall–Kier alpha value is -1.29. The smallest absolute Gasteiger partial charge is 0.311 e. The van der Waals surface area contributed by atoms with E-state index in [1.165, 1.54) is 0 Å². The van der Waals surface area contributed by atoms with E-state index in [-0.39, 0.29) is 18.4 Å². The lowest BCUT2D eigenvalue weighted by Crippen LogP contribution is -2.33. The van der Waals surface area contributed by atoms with Gasteiger partial charge in [-0.3, -0.25) is 4.79 Å². The third kappa shape index (κ3) is 4.06. The monoisotopic (exact) mass is 225 g/mol. The fourth-order valence-electron chi connectivity index (χ4n) is 1.32. The van der Waals surface area contributed by atoms with E-state index in [4.69, 9.17) is 14.9 Å². The number of rotatable bonds is 4. The molecule has 0 amide bonds. The predicted octanol–water partition coefficient (Wildman–Crippen LogP) is 1.74. The van der Waals surface area contributed by atoms with E-state index in [0.29, 0.717) is 6.42 Å². The molecule has 0 saturated heterocycles. The molecule has 0 aromatic carbocycles. The lowest BCUT2D eigenvalue weighted by molar-refractivity contribution is -0.159. The Kier molecular flexibility index (Phi) is 4.12. The van der Waals surface area contributed by atoms with Crippen LogP contribution in [0.4, 0.5) is 0 Å². The molecule has 2 N–H and O–H groups in total. The van der Waals surface area contributed by atoms with E-state index in [1.807, 2.05) is 26.8 Å². The zero-order chi connectivity index (χ0) is 12.2. The van der Waals surface area contributed by atoms with Gasteiger partial charge in [-0.2, -0.15) is 0 Å². The van der Waals surface area contributed by atoms with E-state index in [0.717, 1.165) is 5.76 Å². The van der Waals surface area contributed by atoms with Crippen molar-refractivity contribution in [2.75, 3.05) is 6.54 Å². The van der Waals surface area contributed by atoms with Gasteiger partial charge in [-0.25, -0.2) is 0 Å². The van der Waals surface area contributed by atoms with E-state index in [9.17, 15) is 4.79 Å². The van der Waals surface area contributed by atoms with Crippen molar-refractivity contribution >= 4 is 5.97 Å². The van der Waals surface area contributed by atoms with Gasteiger partial charge < -0.3 is 14.9 Å². The first-order valence-corrected chi connectivity index (χ1v) is 5.37. The summed E-state index contributed by atoms with van der Waals surface area (Å²) in [6, 6.07) is 3.62. The number of hydrogen-bond donors (Lipinski definition) is 1. The van der Waals surface area contributed by atoms with Gasteiger partial charge in [-0.15, -0.1) is 0 Å². The largest absolute Gasteiger partial charge is 0.469 e. The number of nitrogens with two attached hydrogens (primary N) is 1. The second kappa shape index (κ2) is 5.16. The van der Waals surface area contributed by atoms with Gasteiger partial charge in [-0.1, -0.05) is 0 Å². The molecular formula is C12H19NO3. The number of carbonyl (C=O) groups excluding carboxylic acids is 1. The summed E-state index contributed by atoms with van der Waals surface area (Å²) in [6.45, 7) is 5.78. The average molecular weight is 225 g/mol. The second-order valence-electron chi connectivity index (χ2n) is 4.75. The normalized spacial score (nSPS) is 13.5. The van der Waals surface area contributed by atoms with Crippen molar-refractivity contribution in [2.24, 2.45) is 11.7 Å². The zero-order valence-electron chi connectivity index (χ0n) is 10.0. The van der Waals surface area contributed by atoms with Crippen LogP contribution in [0.5, 0.6) is 0 Å². The maximum absolute atomic E-state index is 11.8. The fraction of sp³-hybridized carbons (Fsp3) is 0.583. The van der Waals surface area contributed by atoms with Gasteiger partial charge in [0.15, 0.2) is 0 Å². The first kappa shape index (κ1) is 12.8. The molecule has 0 radical (unpaired) electrons. The van der Waals surface area contributed by atoms with Gasteiger partial charge in [0, 0.05) is 13.0 Å². The van der Waals surface area contributed by atoms with Crippen LogP contribution in [0.2, 0.25) is 0 Å². The van der Waals surface area contributed by atoms with Gasteiger partial charge in [0.05, 0.1) is 12.2 Å². The number of esters is 1. The van der Waals surface area contributed by atoms with Gasteiger partial charge >= 0.3 is 5.97 Å². The molecule has 0 aliphatic heterocycles. The Labute approximate surface area is 95.8 Å². The summed E-state index contributed by atoms with van der Waals surface area (Å²) >= 11 is 0. The van der Waals surface area contributed by atoms with Crippen LogP contribution >= 0.6 is 0 Å². The molecule has 1 aromatic rings. The van der Waals surface area contributed by atoms with E-state index >= 15 is 0 Å². The minimum Gasteiger partial charge on any atom is -0.469 e. The Morgan fingerprint density at radius 1 is 1.56 bits per heavy atom. The molecule has 4 heteroatoms. The van der Waals surface area contributed by atoms with Gasteiger partial charge in [0.2, 0.25) is 0 Å². The summed E-state index contributed by atoms with van der Waals surface area (Å²) < 4.78 is 10.5. The number of hydrogen-bond acceptors (Lipinski definition) is 4. The molecule has 90 valence electrons. The quantitative estimate of drug-likeness (QED) is 0.793. The van der Waals surface area contributed by atoms with E-state index < -0.39 is 5.60 Å². The molecule has 0 aliphatic rings. The Morgan fingerprint density at radius 2 is 2.25 bits per heavy atom. The van der Waals surface area contributed by atoms with Crippen LogP contribution in [0.1, 0.15) is 26.5 Å². The molecule has 1 aromatic heterocycles. The van der Waals surface area contributed by atoms with Crippen LogP contribution in [-0.4, -0.2) is 18.1 Å². The van der Waals surface area contributed by atoms with Crippen LogP contribution < -0.4 is 5.73 Å². The highest BCUT2D eigenvalue weighted by Crippen LogP contribution is 2.15. The Balaban J connectivity index is 2.57. The number of carbonyl (C=O) groups is 1. The Morgan fingerprint density at radius 3 is 2.69 bits per heavy atom. The zero-order valence-corrected chi connectivity index (χ0v) is 10.0. The molecule has 1 atom stereocenters. The summed E-state index contributed by atoms with van der Waals surface area (Å²) in [5.41, 5.74) is 5.09. The standard InChI is InChI=1S/C12H19NO3/c1-12(2,3)16-11(14)9(8-13)7-10-5-4-6-15-10/h4-6,9H,7-8,13H2,1-3H3. The van der Waals surface area contributed by atoms with Crippen molar-refractivity contribution in [3.05, 3.63) is 24.2 Å².